The maximum atomic E-state index is 5.29. The Labute approximate surface area is 120 Å². The number of ether oxygens (including phenoxy) is 1. The van der Waals surface area contributed by atoms with Crippen LogP contribution in [0.5, 0.6) is 5.75 Å². The van der Waals surface area contributed by atoms with E-state index in [1.807, 2.05) is 26.1 Å². The molecule has 20 heavy (non-hydrogen) atoms. The van der Waals surface area contributed by atoms with Gasteiger partial charge < -0.3 is 10.1 Å². The van der Waals surface area contributed by atoms with E-state index in [0.29, 0.717) is 0 Å². The second-order valence-electron chi connectivity index (χ2n) is 4.92. The molecule has 1 unspecified atom stereocenters. The Kier molecular flexibility index (Phi) is 4.79. The molecule has 0 fully saturated rings. The van der Waals surface area contributed by atoms with Crippen LogP contribution in [-0.4, -0.2) is 23.9 Å². The van der Waals surface area contributed by atoms with Gasteiger partial charge in [0.15, 0.2) is 0 Å². The Bertz CT molecular complexity index is 563. The summed E-state index contributed by atoms with van der Waals surface area (Å²) in [5.74, 6) is 0.900. The third-order valence-corrected chi connectivity index (χ3v) is 3.51. The fourth-order valence-corrected chi connectivity index (χ4v) is 2.49. The van der Waals surface area contributed by atoms with E-state index in [-0.39, 0.29) is 6.04 Å². The third kappa shape index (κ3) is 3.20. The van der Waals surface area contributed by atoms with Crippen LogP contribution in [0.2, 0.25) is 0 Å². The molecule has 0 aliphatic rings. The van der Waals surface area contributed by atoms with Crippen molar-refractivity contribution < 1.29 is 4.74 Å². The molecule has 0 amide bonds. The zero-order valence-electron chi connectivity index (χ0n) is 12.7. The molecule has 0 aliphatic heterocycles. The average molecular weight is 273 g/mol. The zero-order chi connectivity index (χ0) is 14.5. The van der Waals surface area contributed by atoms with Crippen LogP contribution in [0.25, 0.3) is 0 Å². The summed E-state index contributed by atoms with van der Waals surface area (Å²) in [7, 11) is 3.69. The second-order valence-corrected chi connectivity index (χ2v) is 4.92. The first-order valence-electron chi connectivity index (χ1n) is 7.02. The average Bonchev–Trinajstić information content (AvgIpc) is 2.86. The number of nitrogens with one attached hydrogen (secondary N) is 1. The molecule has 0 saturated carbocycles. The highest BCUT2D eigenvalue weighted by molar-refractivity contribution is 5.30. The fraction of sp³-hybridized carbons (Fsp3) is 0.438. The van der Waals surface area contributed by atoms with Crippen molar-refractivity contribution in [1.29, 1.82) is 0 Å². The third-order valence-electron chi connectivity index (χ3n) is 3.51. The fourth-order valence-electron chi connectivity index (χ4n) is 2.49. The standard InChI is InChI=1S/C16H23N3O/c1-5-19-16(9-12(2)18-19)15(17-3)11-13-7-6-8-14(10-13)20-4/h6-10,15,17H,5,11H2,1-4H3. The first-order valence-corrected chi connectivity index (χ1v) is 7.02. The van der Waals surface area contributed by atoms with Crippen molar-refractivity contribution in [2.75, 3.05) is 14.2 Å². The van der Waals surface area contributed by atoms with Gasteiger partial charge >= 0.3 is 0 Å². The predicted molar refractivity (Wildman–Crippen MR) is 81.1 cm³/mol. The van der Waals surface area contributed by atoms with Crippen LogP contribution in [0, 0.1) is 6.92 Å². The van der Waals surface area contributed by atoms with Crippen molar-refractivity contribution >= 4 is 0 Å². The molecular weight excluding hydrogens is 250 g/mol. The minimum atomic E-state index is 0.253. The molecule has 4 heteroatoms. The number of hydrogen-bond acceptors (Lipinski definition) is 3. The van der Waals surface area contributed by atoms with E-state index in [4.69, 9.17) is 4.74 Å². The van der Waals surface area contributed by atoms with Crippen LogP contribution in [0.1, 0.15) is 29.9 Å². The molecule has 1 atom stereocenters. The molecule has 1 aromatic carbocycles. The van der Waals surface area contributed by atoms with Gasteiger partial charge in [0.05, 0.1) is 24.5 Å². The minimum Gasteiger partial charge on any atom is -0.497 e. The smallest absolute Gasteiger partial charge is 0.119 e. The summed E-state index contributed by atoms with van der Waals surface area (Å²) in [4.78, 5) is 0. The van der Waals surface area contributed by atoms with Crippen molar-refractivity contribution in [3.8, 4) is 5.75 Å². The number of benzene rings is 1. The summed E-state index contributed by atoms with van der Waals surface area (Å²) in [6.45, 7) is 5.04. The van der Waals surface area contributed by atoms with Crippen LogP contribution in [0.3, 0.4) is 0 Å². The molecule has 0 saturated heterocycles. The molecule has 0 aliphatic carbocycles. The monoisotopic (exact) mass is 273 g/mol. The Morgan fingerprint density at radius 3 is 2.80 bits per heavy atom. The molecule has 0 radical (unpaired) electrons. The molecule has 1 heterocycles. The lowest BCUT2D eigenvalue weighted by Crippen LogP contribution is -2.22. The van der Waals surface area contributed by atoms with E-state index >= 15 is 0 Å². The molecule has 108 valence electrons. The topological polar surface area (TPSA) is 39.1 Å². The first kappa shape index (κ1) is 14.6. The Balaban J connectivity index is 2.23. The lowest BCUT2D eigenvalue weighted by Gasteiger charge is -2.18. The zero-order valence-corrected chi connectivity index (χ0v) is 12.7. The van der Waals surface area contributed by atoms with Gasteiger partial charge in [0.2, 0.25) is 0 Å². The Hall–Kier alpha value is -1.81. The van der Waals surface area contributed by atoms with Gasteiger partial charge in [-0.05, 0) is 51.1 Å². The van der Waals surface area contributed by atoms with Gasteiger partial charge in [-0.3, -0.25) is 4.68 Å². The summed E-state index contributed by atoms with van der Waals surface area (Å²) in [5, 5.41) is 7.92. The van der Waals surface area contributed by atoms with Gasteiger partial charge in [0.25, 0.3) is 0 Å². The first-order chi connectivity index (χ1) is 9.67. The van der Waals surface area contributed by atoms with Crippen LogP contribution >= 0.6 is 0 Å². The van der Waals surface area contributed by atoms with Crippen molar-refractivity contribution in [2.45, 2.75) is 32.9 Å². The van der Waals surface area contributed by atoms with Crippen molar-refractivity contribution in [2.24, 2.45) is 0 Å². The number of hydrogen-bond donors (Lipinski definition) is 1. The van der Waals surface area contributed by atoms with Crippen molar-refractivity contribution in [3.05, 3.63) is 47.3 Å². The van der Waals surface area contributed by atoms with Crippen molar-refractivity contribution in [1.82, 2.24) is 15.1 Å². The maximum Gasteiger partial charge on any atom is 0.119 e. The molecule has 1 N–H and O–H groups in total. The van der Waals surface area contributed by atoms with E-state index < -0.39 is 0 Å². The quantitative estimate of drug-likeness (QED) is 0.879. The summed E-state index contributed by atoms with van der Waals surface area (Å²) in [6, 6.07) is 10.6. The molecular formula is C16H23N3O. The van der Waals surface area contributed by atoms with Crippen LogP contribution in [-0.2, 0) is 13.0 Å². The van der Waals surface area contributed by atoms with Gasteiger partial charge in [-0.2, -0.15) is 5.10 Å². The minimum absolute atomic E-state index is 0.253. The van der Waals surface area contributed by atoms with Crippen LogP contribution in [0.15, 0.2) is 30.3 Å². The maximum absolute atomic E-state index is 5.29. The Morgan fingerprint density at radius 2 is 2.15 bits per heavy atom. The molecule has 2 rings (SSSR count). The van der Waals surface area contributed by atoms with Gasteiger partial charge in [0, 0.05) is 6.54 Å². The number of nitrogens with zero attached hydrogens (tertiary/aromatic N) is 2. The molecule has 0 bridgehead atoms. The normalized spacial score (nSPS) is 12.4. The van der Waals surface area contributed by atoms with E-state index in [0.717, 1.165) is 24.4 Å². The summed E-state index contributed by atoms with van der Waals surface area (Å²) >= 11 is 0. The largest absolute Gasteiger partial charge is 0.497 e. The number of likely N-dealkylation sites (N-methyl/N-ethyl adjacent to an activating group) is 1. The van der Waals surface area contributed by atoms with Gasteiger partial charge in [-0.1, -0.05) is 12.1 Å². The van der Waals surface area contributed by atoms with Gasteiger partial charge in [0.1, 0.15) is 5.75 Å². The van der Waals surface area contributed by atoms with E-state index in [1.54, 1.807) is 7.11 Å². The number of aryl methyl sites for hydroxylation is 2. The lowest BCUT2D eigenvalue weighted by molar-refractivity contribution is 0.413. The highest BCUT2D eigenvalue weighted by Crippen LogP contribution is 2.21. The SMILES string of the molecule is CCn1nc(C)cc1C(Cc1cccc(OC)c1)NC. The lowest BCUT2D eigenvalue weighted by atomic mass is 10.0. The number of rotatable bonds is 6. The van der Waals surface area contributed by atoms with Gasteiger partial charge in [-0.25, -0.2) is 0 Å². The van der Waals surface area contributed by atoms with E-state index in [2.05, 4.69) is 40.2 Å². The van der Waals surface area contributed by atoms with Crippen LogP contribution in [0.4, 0.5) is 0 Å². The molecule has 4 nitrogen and oxygen atoms in total. The van der Waals surface area contributed by atoms with Gasteiger partial charge in [-0.15, -0.1) is 0 Å². The van der Waals surface area contributed by atoms with E-state index in [9.17, 15) is 0 Å². The van der Waals surface area contributed by atoms with Crippen molar-refractivity contribution in [3.63, 3.8) is 0 Å². The van der Waals surface area contributed by atoms with E-state index in [1.165, 1.54) is 11.3 Å². The second kappa shape index (κ2) is 6.57. The number of aromatic nitrogens is 2. The highest BCUT2D eigenvalue weighted by Gasteiger charge is 2.16. The summed E-state index contributed by atoms with van der Waals surface area (Å²) in [6.07, 6.45) is 0.916. The molecule has 2 aromatic rings. The highest BCUT2D eigenvalue weighted by atomic mass is 16.5. The summed E-state index contributed by atoms with van der Waals surface area (Å²) < 4.78 is 7.35. The molecule has 0 spiro atoms. The molecule has 1 aromatic heterocycles. The predicted octanol–water partition coefficient (Wildman–Crippen LogP) is 2.72. The van der Waals surface area contributed by atoms with Crippen LogP contribution < -0.4 is 10.1 Å². The Morgan fingerprint density at radius 1 is 1.35 bits per heavy atom. The number of methoxy groups -OCH3 is 1. The summed E-state index contributed by atoms with van der Waals surface area (Å²) in [5.41, 5.74) is 3.55.